The zero-order valence-electron chi connectivity index (χ0n) is 12.1. The third-order valence-corrected chi connectivity index (χ3v) is 5.19. The number of nitrogens with one attached hydrogen (secondary N) is 2. The van der Waals surface area contributed by atoms with Crippen molar-refractivity contribution in [2.24, 2.45) is 5.92 Å². The highest BCUT2D eigenvalue weighted by atomic mass is 16.5. The lowest BCUT2D eigenvalue weighted by Crippen LogP contribution is -2.44. The first-order chi connectivity index (χ1) is 9.36. The first-order valence-electron chi connectivity index (χ1n) is 8.14. The molecule has 0 aromatic heterocycles. The summed E-state index contributed by atoms with van der Waals surface area (Å²) in [6.45, 7) is 9.30. The van der Waals surface area contributed by atoms with Crippen molar-refractivity contribution in [1.82, 2.24) is 15.5 Å². The van der Waals surface area contributed by atoms with Crippen LogP contribution in [0.15, 0.2) is 0 Å². The molecule has 3 heterocycles. The number of piperidine rings is 2. The normalized spacial score (nSPS) is 30.3. The second-order valence-electron chi connectivity index (χ2n) is 6.53. The minimum atomic E-state index is 0.203. The Morgan fingerprint density at radius 2 is 1.68 bits per heavy atom. The van der Waals surface area contributed by atoms with Gasteiger partial charge in [0.1, 0.15) is 0 Å². The Bertz CT molecular complexity index is 273. The van der Waals surface area contributed by atoms with Gasteiger partial charge in [-0.1, -0.05) is 0 Å². The van der Waals surface area contributed by atoms with Crippen LogP contribution in [0.1, 0.15) is 32.1 Å². The van der Waals surface area contributed by atoms with Crippen molar-refractivity contribution in [3.63, 3.8) is 0 Å². The fraction of sp³-hybridized carbons (Fsp3) is 1.00. The van der Waals surface area contributed by atoms with E-state index in [9.17, 15) is 0 Å². The zero-order chi connectivity index (χ0) is 13.0. The van der Waals surface area contributed by atoms with Gasteiger partial charge in [-0.2, -0.15) is 0 Å². The van der Waals surface area contributed by atoms with Gasteiger partial charge in [-0.15, -0.1) is 0 Å². The maximum atomic E-state index is 6.26. The van der Waals surface area contributed by atoms with E-state index in [1.165, 1.54) is 58.3 Å². The van der Waals surface area contributed by atoms with Gasteiger partial charge in [0, 0.05) is 19.6 Å². The zero-order valence-corrected chi connectivity index (χ0v) is 12.1. The number of nitrogens with zero attached hydrogens (tertiary/aromatic N) is 1. The second kappa shape index (κ2) is 6.53. The van der Waals surface area contributed by atoms with E-state index in [0.29, 0.717) is 0 Å². The molecule has 4 nitrogen and oxygen atoms in total. The Labute approximate surface area is 117 Å². The van der Waals surface area contributed by atoms with Gasteiger partial charge >= 0.3 is 0 Å². The molecule has 0 aromatic rings. The average Bonchev–Trinajstić information content (AvgIpc) is 2.64. The van der Waals surface area contributed by atoms with Gasteiger partial charge in [0.05, 0.1) is 12.2 Å². The molecule has 0 unspecified atom stereocenters. The highest BCUT2D eigenvalue weighted by Crippen LogP contribution is 2.29. The van der Waals surface area contributed by atoms with Crippen molar-refractivity contribution in [2.45, 2.75) is 37.7 Å². The lowest BCUT2D eigenvalue weighted by molar-refractivity contribution is -0.0584. The van der Waals surface area contributed by atoms with Crippen LogP contribution in [0.4, 0.5) is 0 Å². The van der Waals surface area contributed by atoms with E-state index in [1.807, 2.05) is 0 Å². The molecule has 0 atom stereocenters. The van der Waals surface area contributed by atoms with Crippen molar-refractivity contribution < 1.29 is 4.74 Å². The van der Waals surface area contributed by atoms with Gasteiger partial charge < -0.3 is 20.3 Å². The fourth-order valence-corrected chi connectivity index (χ4v) is 3.83. The van der Waals surface area contributed by atoms with Crippen molar-refractivity contribution in [2.75, 3.05) is 52.4 Å². The molecule has 3 aliphatic heterocycles. The molecule has 0 aromatic carbocycles. The number of rotatable bonds is 2. The summed E-state index contributed by atoms with van der Waals surface area (Å²) in [4.78, 5) is 2.66. The monoisotopic (exact) mass is 267 g/mol. The van der Waals surface area contributed by atoms with Crippen LogP contribution in [0.3, 0.4) is 0 Å². The SMILES string of the molecule is C1CC(CN2CCOC3(CCNCC3)CC2)CCN1. The van der Waals surface area contributed by atoms with Gasteiger partial charge in [-0.3, -0.25) is 0 Å². The standard InChI is InChI=1S/C15H29N3O/c1-6-16-7-2-14(1)13-18-10-5-15(19-12-11-18)3-8-17-9-4-15/h14,16-17H,1-13H2. The summed E-state index contributed by atoms with van der Waals surface area (Å²) in [6, 6.07) is 0. The van der Waals surface area contributed by atoms with Crippen LogP contribution in [-0.2, 0) is 4.74 Å². The largest absolute Gasteiger partial charge is 0.374 e. The van der Waals surface area contributed by atoms with E-state index in [-0.39, 0.29) is 5.60 Å². The van der Waals surface area contributed by atoms with Crippen molar-refractivity contribution >= 4 is 0 Å². The molecule has 0 radical (unpaired) electrons. The van der Waals surface area contributed by atoms with E-state index < -0.39 is 0 Å². The third kappa shape index (κ3) is 3.69. The predicted octanol–water partition coefficient (Wildman–Crippen LogP) is 0.831. The fourth-order valence-electron chi connectivity index (χ4n) is 3.83. The molecule has 3 aliphatic rings. The van der Waals surface area contributed by atoms with E-state index >= 15 is 0 Å². The first-order valence-corrected chi connectivity index (χ1v) is 8.14. The maximum absolute atomic E-state index is 6.26. The van der Waals surface area contributed by atoms with Gasteiger partial charge in [0.25, 0.3) is 0 Å². The number of hydrogen-bond acceptors (Lipinski definition) is 4. The van der Waals surface area contributed by atoms with Gasteiger partial charge in [0.2, 0.25) is 0 Å². The third-order valence-electron chi connectivity index (χ3n) is 5.19. The molecule has 3 rings (SSSR count). The van der Waals surface area contributed by atoms with Crippen LogP contribution in [0, 0.1) is 5.92 Å². The second-order valence-corrected chi connectivity index (χ2v) is 6.53. The van der Waals surface area contributed by atoms with Gasteiger partial charge in [-0.05, 0) is 64.2 Å². The minimum Gasteiger partial charge on any atom is -0.374 e. The van der Waals surface area contributed by atoms with E-state index in [1.54, 1.807) is 0 Å². The molecular formula is C15H29N3O. The lowest BCUT2D eigenvalue weighted by Gasteiger charge is -2.36. The average molecular weight is 267 g/mol. The summed E-state index contributed by atoms with van der Waals surface area (Å²) in [5, 5.41) is 6.91. The molecule has 0 bridgehead atoms. The molecule has 19 heavy (non-hydrogen) atoms. The van der Waals surface area contributed by atoms with Crippen LogP contribution in [0.25, 0.3) is 0 Å². The molecule has 4 heteroatoms. The quantitative estimate of drug-likeness (QED) is 0.777. The molecule has 3 fully saturated rings. The van der Waals surface area contributed by atoms with Crippen LogP contribution >= 0.6 is 0 Å². The molecule has 0 aliphatic carbocycles. The summed E-state index contributed by atoms with van der Waals surface area (Å²) >= 11 is 0. The van der Waals surface area contributed by atoms with Gasteiger partial charge in [-0.25, -0.2) is 0 Å². The molecule has 2 N–H and O–H groups in total. The van der Waals surface area contributed by atoms with Crippen LogP contribution < -0.4 is 10.6 Å². The Hall–Kier alpha value is -0.160. The first kappa shape index (κ1) is 13.8. The highest BCUT2D eigenvalue weighted by molar-refractivity contribution is 4.89. The van der Waals surface area contributed by atoms with E-state index in [4.69, 9.17) is 4.74 Å². The lowest BCUT2D eigenvalue weighted by atomic mass is 9.88. The maximum Gasteiger partial charge on any atom is 0.0719 e. The topological polar surface area (TPSA) is 36.5 Å². The molecule has 3 saturated heterocycles. The Morgan fingerprint density at radius 1 is 0.947 bits per heavy atom. The molecule has 0 saturated carbocycles. The summed E-state index contributed by atoms with van der Waals surface area (Å²) < 4.78 is 6.26. The van der Waals surface area contributed by atoms with E-state index in [0.717, 1.165) is 32.2 Å². The summed E-state index contributed by atoms with van der Waals surface area (Å²) in [6.07, 6.45) is 6.35. The van der Waals surface area contributed by atoms with Crippen molar-refractivity contribution in [3.8, 4) is 0 Å². The van der Waals surface area contributed by atoms with Crippen molar-refractivity contribution in [3.05, 3.63) is 0 Å². The van der Waals surface area contributed by atoms with Gasteiger partial charge in [0.15, 0.2) is 0 Å². The van der Waals surface area contributed by atoms with Crippen LogP contribution in [0.2, 0.25) is 0 Å². The predicted molar refractivity (Wildman–Crippen MR) is 77.4 cm³/mol. The van der Waals surface area contributed by atoms with Crippen molar-refractivity contribution in [1.29, 1.82) is 0 Å². The Morgan fingerprint density at radius 3 is 2.47 bits per heavy atom. The minimum absolute atomic E-state index is 0.203. The Kier molecular flexibility index (Phi) is 4.74. The molecular weight excluding hydrogens is 238 g/mol. The highest BCUT2D eigenvalue weighted by Gasteiger charge is 2.35. The summed E-state index contributed by atoms with van der Waals surface area (Å²) in [5.74, 6) is 0.906. The number of hydrogen-bond donors (Lipinski definition) is 2. The molecule has 0 amide bonds. The Balaban J connectivity index is 1.49. The van der Waals surface area contributed by atoms with E-state index in [2.05, 4.69) is 15.5 Å². The smallest absolute Gasteiger partial charge is 0.0719 e. The van der Waals surface area contributed by atoms with Crippen LogP contribution in [-0.4, -0.2) is 62.9 Å². The number of ether oxygens (including phenoxy) is 1. The molecule has 110 valence electrons. The summed E-state index contributed by atoms with van der Waals surface area (Å²) in [5.41, 5.74) is 0.203. The molecule has 1 spiro atoms. The van der Waals surface area contributed by atoms with Crippen LogP contribution in [0.5, 0.6) is 0 Å². The summed E-state index contributed by atoms with van der Waals surface area (Å²) in [7, 11) is 0.